The minimum Gasteiger partial charge on any atom is -0.466 e. The lowest BCUT2D eigenvalue weighted by atomic mass is 9.88. The fraction of sp³-hybridized carbons (Fsp3) is 0.600. The molecule has 0 radical (unpaired) electrons. The van der Waals surface area contributed by atoms with Gasteiger partial charge in [0.2, 0.25) is 0 Å². The lowest BCUT2D eigenvalue weighted by molar-refractivity contribution is -0.191. The van der Waals surface area contributed by atoms with E-state index in [9.17, 15) is 4.79 Å². The van der Waals surface area contributed by atoms with Crippen LogP contribution in [0.25, 0.3) is 0 Å². The molecule has 0 aromatic rings. The maximum atomic E-state index is 10.9. The Labute approximate surface area is 83.9 Å². The number of carbonyl (C=O) groups is 1. The summed E-state index contributed by atoms with van der Waals surface area (Å²) in [6.45, 7) is 9.81. The first-order valence-electron chi connectivity index (χ1n) is 4.04. The molecule has 0 aliphatic rings. The van der Waals surface area contributed by atoms with Gasteiger partial charge in [0.15, 0.2) is 0 Å². The molecule has 0 rings (SSSR count). The fourth-order valence-corrected chi connectivity index (χ4v) is 0.857. The van der Waals surface area contributed by atoms with Crippen LogP contribution in [0.3, 0.4) is 0 Å². The second-order valence-electron chi connectivity index (χ2n) is 3.92. The molecule has 0 spiro atoms. The average Bonchev–Trinajstić information content (AvgIpc) is 2.01. The molecule has 0 amide bonds. The minimum atomic E-state index is -0.306. The Kier molecular flexibility index (Phi) is 7.58. The summed E-state index contributed by atoms with van der Waals surface area (Å²) in [5, 5.41) is 0. The van der Waals surface area contributed by atoms with Gasteiger partial charge in [-0.05, 0) is 11.8 Å². The van der Waals surface area contributed by atoms with E-state index in [2.05, 4.69) is 32.1 Å². The second kappa shape index (κ2) is 7.04. The van der Waals surface area contributed by atoms with Gasteiger partial charge in [0.05, 0.1) is 7.11 Å². The number of ether oxygens (including phenoxy) is 1. The van der Waals surface area contributed by atoms with Crippen LogP contribution in [0.1, 0.15) is 27.2 Å². The highest BCUT2D eigenvalue weighted by Gasteiger charge is 2.16. The van der Waals surface area contributed by atoms with Gasteiger partial charge in [0.1, 0.15) is 0 Å². The fourth-order valence-electron chi connectivity index (χ4n) is 0.857. The average molecular weight is 200 g/mol. The normalized spacial score (nSPS) is 9.14. The maximum absolute atomic E-state index is 10.9. The SMILES string of the molecule is C=C(CC(C)(C)C)C(=O)OC.O=C=O. The first-order valence-corrected chi connectivity index (χ1v) is 4.04. The Morgan fingerprint density at radius 1 is 1.36 bits per heavy atom. The Bertz CT molecular complexity index is 229. The zero-order valence-corrected chi connectivity index (χ0v) is 9.05. The van der Waals surface area contributed by atoms with Gasteiger partial charge in [-0.2, -0.15) is 9.59 Å². The number of esters is 1. The van der Waals surface area contributed by atoms with E-state index in [1.54, 1.807) is 0 Å². The standard InChI is InChI=1S/C9H16O2.CO2/c1-7(8(10)11-5)6-9(2,3)4;2-1-3/h1,6H2,2-5H3;. The van der Waals surface area contributed by atoms with Crippen molar-refractivity contribution in [3.05, 3.63) is 12.2 Å². The number of hydrogen-bond acceptors (Lipinski definition) is 4. The molecule has 0 aromatic carbocycles. The van der Waals surface area contributed by atoms with Gasteiger partial charge in [0.25, 0.3) is 0 Å². The lowest BCUT2D eigenvalue weighted by Crippen LogP contribution is -2.12. The van der Waals surface area contributed by atoms with Crippen LogP contribution in [-0.4, -0.2) is 19.2 Å². The molecule has 80 valence electrons. The number of hydrogen-bond donors (Lipinski definition) is 0. The van der Waals surface area contributed by atoms with Crippen molar-refractivity contribution >= 4 is 12.1 Å². The van der Waals surface area contributed by atoms with Crippen LogP contribution in [0.5, 0.6) is 0 Å². The molecule has 0 unspecified atom stereocenters. The number of rotatable bonds is 2. The molecular weight excluding hydrogens is 184 g/mol. The summed E-state index contributed by atoms with van der Waals surface area (Å²) in [7, 11) is 1.37. The van der Waals surface area contributed by atoms with E-state index in [1.165, 1.54) is 7.11 Å². The molecule has 0 atom stereocenters. The van der Waals surface area contributed by atoms with Crippen molar-refractivity contribution in [2.75, 3.05) is 7.11 Å². The van der Waals surface area contributed by atoms with Gasteiger partial charge in [-0.1, -0.05) is 27.4 Å². The zero-order chi connectivity index (χ0) is 11.8. The van der Waals surface area contributed by atoms with Crippen LogP contribution < -0.4 is 0 Å². The molecule has 0 saturated carbocycles. The summed E-state index contributed by atoms with van der Waals surface area (Å²) in [6.07, 6.45) is 0.930. The Hall–Kier alpha value is -1.41. The molecule has 0 heterocycles. The van der Waals surface area contributed by atoms with Crippen LogP contribution in [0, 0.1) is 5.41 Å². The summed E-state index contributed by atoms with van der Waals surface area (Å²) in [5.74, 6) is -0.306. The summed E-state index contributed by atoms with van der Waals surface area (Å²) in [4.78, 5) is 27.1. The molecule has 0 aliphatic heterocycles. The van der Waals surface area contributed by atoms with Crippen molar-refractivity contribution in [1.82, 2.24) is 0 Å². The van der Waals surface area contributed by atoms with Gasteiger partial charge in [-0.25, -0.2) is 4.79 Å². The quantitative estimate of drug-likeness (QED) is 0.501. The van der Waals surface area contributed by atoms with Gasteiger partial charge in [-0.3, -0.25) is 0 Å². The number of carbonyl (C=O) groups excluding carboxylic acids is 3. The highest BCUT2D eigenvalue weighted by molar-refractivity contribution is 5.87. The third-order valence-electron chi connectivity index (χ3n) is 1.22. The van der Waals surface area contributed by atoms with Crippen LogP contribution in [-0.2, 0) is 19.1 Å². The Morgan fingerprint density at radius 3 is 1.93 bits per heavy atom. The van der Waals surface area contributed by atoms with Gasteiger partial charge >= 0.3 is 12.1 Å². The van der Waals surface area contributed by atoms with Crippen LogP contribution in [0.2, 0.25) is 0 Å². The molecule has 0 fully saturated rings. The molecular formula is C10H16O4. The van der Waals surface area contributed by atoms with E-state index in [-0.39, 0.29) is 17.5 Å². The summed E-state index contributed by atoms with van der Waals surface area (Å²) >= 11 is 0. The van der Waals surface area contributed by atoms with Crippen LogP contribution >= 0.6 is 0 Å². The van der Waals surface area contributed by atoms with E-state index < -0.39 is 0 Å². The first kappa shape index (κ1) is 15.1. The van der Waals surface area contributed by atoms with Crippen molar-refractivity contribution in [2.24, 2.45) is 5.41 Å². The summed E-state index contributed by atoms with van der Waals surface area (Å²) < 4.78 is 4.52. The summed E-state index contributed by atoms with van der Waals surface area (Å²) in [6, 6.07) is 0. The lowest BCUT2D eigenvalue weighted by Gasteiger charge is -2.17. The van der Waals surface area contributed by atoms with Crippen LogP contribution in [0.15, 0.2) is 12.2 Å². The molecule has 0 aliphatic carbocycles. The van der Waals surface area contributed by atoms with Crippen molar-refractivity contribution in [2.45, 2.75) is 27.2 Å². The highest BCUT2D eigenvalue weighted by Crippen LogP contribution is 2.23. The largest absolute Gasteiger partial charge is 0.466 e. The second-order valence-corrected chi connectivity index (χ2v) is 3.92. The third-order valence-corrected chi connectivity index (χ3v) is 1.22. The number of methoxy groups -OCH3 is 1. The minimum absolute atomic E-state index is 0.102. The topological polar surface area (TPSA) is 60.4 Å². The third kappa shape index (κ3) is 10.6. The van der Waals surface area contributed by atoms with E-state index >= 15 is 0 Å². The molecule has 0 N–H and O–H groups in total. The molecule has 0 aromatic heterocycles. The Morgan fingerprint density at radius 2 is 1.71 bits per heavy atom. The van der Waals surface area contributed by atoms with Crippen molar-refractivity contribution in [3.8, 4) is 0 Å². The van der Waals surface area contributed by atoms with Crippen molar-refractivity contribution in [3.63, 3.8) is 0 Å². The molecule has 4 heteroatoms. The Balaban J connectivity index is 0. The van der Waals surface area contributed by atoms with Crippen LogP contribution in [0.4, 0.5) is 0 Å². The van der Waals surface area contributed by atoms with Gasteiger partial charge in [0, 0.05) is 5.57 Å². The monoisotopic (exact) mass is 200 g/mol. The maximum Gasteiger partial charge on any atom is 0.373 e. The highest BCUT2D eigenvalue weighted by atomic mass is 16.5. The predicted molar refractivity (Wildman–Crippen MR) is 50.2 cm³/mol. The predicted octanol–water partition coefficient (Wildman–Crippen LogP) is 1.57. The van der Waals surface area contributed by atoms with Gasteiger partial charge in [-0.15, -0.1) is 0 Å². The summed E-state index contributed by atoms with van der Waals surface area (Å²) in [5.41, 5.74) is 0.644. The van der Waals surface area contributed by atoms with E-state index in [4.69, 9.17) is 9.59 Å². The van der Waals surface area contributed by atoms with Crippen molar-refractivity contribution in [1.29, 1.82) is 0 Å². The molecule has 4 nitrogen and oxygen atoms in total. The van der Waals surface area contributed by atoms with Crippen molar-refractivity contribution < 1.29 is 19.1 Å². The molecule has 14 heavy (non-hydrogen) atoms. The van der Waals surface area contributed by atoms with Gasteiger partial charge < -0.3 is 4.74 Å². The van der Waals surface area contributed by atoms with E-state index in [0.29, 0.717) is 12.0 Å². The molecule has 0 bridgehead atoms. The van der Waals surface area contributed by atoms with E-state index in [1.807, 2.05) is 0 Å². The van der Waals surface area contributed by atoms with E-state index in [0.717, 1.165) is 0 Å². The molecule has 0 saturated heterocycles. The smallest absolute Gasteiger partial charge is 0.373 e. The zero-order valence-electron chi connectivity index (χ0n) is 9.05. The first-order chi connectivity index (χ1) is 6.28.